The zero-order chi connectivity index (χ0) is 16.7. The van der Waals surface area contributed by atoms with Crippen LogP contribution in [0.1, 0.15) is 18.7 Å². The van der Waals surface area contributed by atoms with Gasteiger partial charge in [-0.2, -0.15) is 8.75 Å². The van der Waals surface area contributed by atoms with Crippen molar-refractivity contribution >= 4 is 61.4 Å². The molecule has 4 rings (SSSR count). The van der Waals surface area contributed by atoms with Crippen LogP contribution >= 0.6 is 50.3 Å². The molecular weight excluding hydrogens is 420 g/mol. The van der Waals surface area contributed by atoms with Gasteiger partial charge < -0.3 is 0 Å². The molecule has 3 heterocycles. The molecule has 0 unspecified atom stereocenters. The normalized spacial score (nSPS) is 11.7. The van der Waals surface area contributed by atoms with Gasteiger partial charge in [0, 0.05) is 29.5 Å². The summed E-state index contributed by atoms with van der Waals surface area (Å²) in [6, 6.07) is 13.1. The molecule has 0 amide bonds. The molecule has 0 aliphatic carbocycles. The highest BCUT2D eigenvalue weighted by Crippen LogP contribution is 2.40. The Bertz CT molecular complexity index is 997. The molecule has 0 radical (unpaired) electrons. The molecule has 2 nitrogen and oxygen atoms in total. The Morgan fingerprint density at radius 3 is 2.42 bits per heavy atom. The molecular formula is C18H15BrN2S3. The lowest BCUT2D eigenvalue weighted by Crippen LogP contribution is -1.89. The second-order valence-electron chi connectivity index (χ2n) is 6.08. The van der Waals surface area contributed by atoms with Crippen LogP contribution in [-0.4, -0.2) is 8.75 Å². The van der Waals surface area contributed by atoms with E-state index in [1.54, 1.807) is 0 Å². The monoisotopic (exact) mass is 434 g/mol. The van der Waals surface area contributed by atoms with Crippen molar-refractivity contribution in [3.63, 3.8) is 0 Å². The predicted octanol–water partition coefficient (Wildman–Crippen LogP) is 7.11. The highest BCUT2D eigenvalue weighted by molar-refractivity contribution is 9.10. The van der Waals surface area contributed by atoms with Gasteiger partial charge in [-0.05, 0) is 58.6 Å². The van der Waals surface area contributed by atoms with Crippen molar-refractivity contribution in [2.75, 3.05) is 0 Å². The van der Waals surface area contributed by atoms with Gasteiger partial charge in [-0.15, -0.1) is 22.7 Å². The van der Waals surface area contributed by atoms with Crippen molar-refractivity contribution in [2.45, 2.75) is 20.3 Å². The number of halogens is 1. The standard InChI is InChI=1S/C18H15BrN2S3/c1-10(2)9-11-3-6-15(22-11)16-8-7-14(23-16)12-4-5-13(19)18-17(12)20-24-21-18/h3-8,10H,9H2,1-2H3. The quantitative estimate of drug-likeness (QED) is 0.341. The van der Waals surface area contributed by atoms with Gasteiger partial charge >= 0.3 is 0 Å². The van der Waals surface area contributed by atoms with Gasteiger partial charge in [0.2, 0.25) is 0 Å². The SMILES string of the molecule is CC(C)Cc1ccc(-c2ccc(-c3ccc(Br)c4nsnc34)s2)s1. The first-order valence-corrected chi connectivity index (χ1v) is 10.9. The van der Waals surface area contributed by atoms with Crippen LogP contribution in [-0.2, 0) is 6.42 Å². The maximum absolute atomic E-state index is 4.48. The average Bonchev–Trinajstić information content (AvgIpc) is 3.26. The van der Waals surface area contributed by atoms with E-state index in [-0.39, 0.29) is 0 Å². The van der Waals surface area contributed by atoms with E-state index in [0.717, 1.165) is 27.5 Å². The molecule has 0 fully saturated rings. The van der Waals surface area contributed by atoms with Crippen LogP contribution in [0, 0.1) is 5.92 Å². The lowest BCUT2D eigenvalue weighted by molar-refractivity contribution is 0.654. The van der Waals surface area contributed by atoms with Crippen molar-refractivity contribution in [1.82, 2.24) is 8.75 Å². The Morgan fingerprint density at radius 2 is 1.58 bits per heavy atom. The summed E-state index contributed by atoms with van der Waals surface area (Å²) in [4.78, 5) is 5.38. The Hall–Kier alpha value is -1.08. The number of rotatable bonds is 4. The van der Waals surface area contributed by atoms with Crippen LogP contribution in [0.15, 0.2) is 40.9 Å². The number of nitrogens with zero attached hydrogens (tertiary/aromatic N) is 2. The second-order valence-corrected chi connectivity index (χ2v) is 9.72. The Labute approximate surface area is 161 Å². The average molecular weight is 435 g/mol. The molecule has 4 aromatic rings. The molecule has 6 heteroatoms. The molecule has 0 saturated heterocycles. The molecule has 122 valence electrons. The molecule has 0 bridgehead atoms. The summed E-state index contributed by atoms with van der Waals surface area (Å²) >= 11 is 8.56. The van der Waals surface area contributed by atoms with E-state index >= 15 is 0 Å². The van der Waals surface area contributed by atoms with Gasteiger partial charge in [-0.25, -0.2) is 0 Å². The maximum atomic E-state index is 4.48. The van der Waals surface area contributed by atoms with Gasteiger partial charge in [-0.1, -0.05) is 19.9 Å². The third-order valence-corrected chi connectivity index (χ3v) is 7.34. The third kappa shape index (κ3) is 3.08. The van der Waals surface area contributed by atoms with Crippen LogP contribution < -0.4 is 0 Å². The first-order chi connectivity index (χ1) is 11.6. The molecule has 0 N–H and O–H groups in total. The molecule has 3 aromatic heterocycles. The maximum Gasteiger partial charge on any atom is 0.119 e. The van der Waals surface area contributed by atoms with Crippen molar-refractivity contribution in [1.29, 1.82) is 0 Å². The zero-order valence-electron chi connectivity index (χ0n) is 13.2. The fraction of sp³-hybridized carbons (Fsp3) is 0.222. The second kappa shape index (κ2) is 6.67. The summed E-state index contributed by atoms with van der Waals surface area (Å²) in [5, 5.41) is 0. The number of hydrogen-bond donors (Lipinski definition) is 0. The van der Waals surface area contributed by atoms with E-state index in [1.165, 1.54) is 31.2 Å². The largest absolute Gasteiger partial charge is 0.172 e. The Morgan fingerprint density at radius 1 is 0.875 bits per heavy atom. The first kappa shape index (κ1) is 16.4. The van der Waals surface area contributed by atoms with Gasteiger partial charge in [0.25, 0.3) is 0 Å². The minimum Gasteiger partial charge on any atom is -0.172 e. The molecule has 24 heavy (non-hydrogen) atoms. The molecule has 0 atom stereocenters. The summed E-state index contributed by atoms with van der Waals surface area (Å²) in [5.41, 5.74) is 3.09. The van der Waals surface area contributed by atoms with Crippen LogP contribution in [0.4, 0.5) is 0 Å². The van der Waals surface area contributed by atoms with Crippen LogP contribution in [0.25, 0.3) is 31.2 Å². The van der Waals surface area contributed by atoms with E-state index in [4.69, 9.17) is 0 Å². The summed E-state index contributed by atoms with van der Waals surface area (Å²) < 4.78 is 9.88. The molecule has 0 spiro atoms. The van der Waals surface area contributed by atoms with Gasteiger partial charge in [0.15, 0.2) is 0 Å². The smallest absolute Gasteiger partial charge is 0.119 e. The van der Waals surface area contributed by atoms with Crippen LogP contribution in [0.3, 0.4) is 0 Å². The number of fused-ring (bicyclic) bond motifs is 1. The summed E-state index contributed by atoms with van der Waals surface area (Å²) in [7, 11) is 0. The van der Waals surface area contributed by atoms with Crippen molar-refractivity contribution < 1.29 is 0 Å². The van der Waals surface area contributed by atoms with E-state index in [9.17, 15) is 0 Å². The summed E-state index contributed by atoms with van der Waals surface area (Å²) in [6.07, 6.45) is 1.15. The molecule has 0 aliphatic heterocycles. The fourth-order valence-electron chi connectivity index (χ4n) is 2.67. The van der Waals surface area contributed by atoms with Crippen molar-refractivity contribution in [2.24, 2.45) is 5.92 Å². The molecule has 0 saturated carbocycles. The third-order valence-electron chi connectivity index (χ3n) is 3.75. The highest BCUT2D eigenvalue weighted by atomic mass is 79.9. The first-order valence-electron chi connectivity index (χ1n) is 7.72. The molecule has 1 aromatic carbocycles. The lowest BCUT2D eigenvalue weighted by Gasteiger charge is -2.00. The number of benzene rings is 1. The highest BCUT2D eigenvalue weighted by Gasteiger charge is 2.14. The fourth-order valence-corrected chi connectivity index (χ4v) is 6.11. The number of aromatic nitrogens is 2. The number of hydrogen-bond acceptors (Lipinski definition) is 5. The van der Waals surface area contributed by atoms with E-state index in [0.29, 0.717) is 5.92 Å². The number of thiophene rings is 2. The Balaban J connectivity index is 1.70. The minimum atomic E-state index is 0.698. The Kier molecular flexibility index (Phi) is 4.56. The van der Waals surface area contributed by atoms with E-state index < -0.39 is 0 Å². The van der Waals surface area contributed by atoms with Gasteiger partial charge in [-0.3, -0.25) is 0 Å². The van der Waals surface area contributed by atoms with Crippen LogP contribution in [0.2, 0.25) is 0 Å². The van der Waals surface area contributed by atoms with Gasteiger partial charge in [0.05, 0.1) is 11.7 Å². The lowest BCUT2D eigenvalue weighted by atomic mass is 10.1. The van der Waals surface area contributed by atoms with Gasteiger partial charge in [0.1, 0.15) is 11.0 Å². The van der Waals surface area contributed by atoms with E-state index in [2.05, 4.69) is 74.9 Å². The predicted molar refractivity (Wildman–Crippen MR) is 110 cm³/mol. The van der Waals surface area contributed by atoms with Crippen molar-refractivity contribution in [3.05, 3.63) is 45.7 Å². The van der Waals surface area contributed by atoms with Crippen LogP contribution in [0.5, 0.6) is 0 Å². The zero-order valence-corrected chi connectivity index (χ0v) is 17.3. The molecule has 0 aliphatic rings. The summed E-state index contributed by atoms with van der Waals surface area (Å²) in [5.74, 6) is 0.698. The minimum absolute atomic E-state index is 0.698. The van der Waals surface area contributed by atoms with Crippen molar-refractivity contribution in [3.8, 4) is 20.2 Å². The van der Waals surface area contributed by atoms with E-state index in [1.807, 2.05) is 22.7 Å². The summed E-state index contributed by atoms with van der Waals surface area (Å²) in [6.45, 7) is 4.53. The topological polar surface area (TPSA) is 25.8 Å².